The van der Waals surface area contributed by atoms with E-state index >= 15 is 0 Å². The van der Waals surface area contributed by atoms with E-state index in [9.17, 15) is 0 Å². The molecule has 0 spiro atoms. The van der Waals surface area contributed by atoms with Crippen LogP contribution in [-0.2, 0) is 6.42 Å². The molecule has 1 unspecified atom stereocenters. The maximum atomic E-state index is 5.63. The Morgan fingerprint density at radius 3 is 2.68 bits per heavy atom. The normalized spacial score (nSPS) is 20.5. The van der Waals surface area contributed by atoms with Crippen molar-refractivity contribution in [1.82, 2.24) is 5.32 Å². The first-order chi connectivity index (χ1) is 9.31. The van der Waals surface area contributed by atoms with Crippen molar-refractivity contribution in [2.75, 3.05) is 13.2 Å². The summed E-state index contributed by atoms with van der Waals surface area (Å²) in [6, 6.07) is 7.56. The molecule has 0 bridgehead atoms. The van der Waals surface area contributed by atoms with Gasteiger partial charge in [-0.1, -0.05) is 18.9 Å². The highest BCUT2D eigenvalue weighted by atomic mass is 16.6. The molecule has 104 valence electrons. The van der Waals surface area contributed by atoms with Crippen molar-refractivity contribution in [3.8, 4) is 11.5 Å². The van der Waals surface area contributed by atoms with Crippen LogP contribution in [0.25, 0.3) is 0 Å². The zero-order chi connectivity index (χ0) is 13.1. The van der Waals surface area contributed by atoms with Crippen LogP contribution < -0.4 is 14.8 Å². The van der Waals surface area contributed by atoms with Crippen LogP contribution in [-0.4, -0.2) is 25.3 Å². The Bertz CT molecular complexity index is 427. The topological polar surface area (TPSA) is 30.5 Å². The number of nitrogens with one attached hydrogen (secondary N) is 1. The van der Waals surface area contributed by atoms with Crippen molar-refractivity contribution in [2.24, 2.45) is 0 Å². The predicted octanol–water partition coefficient (Wildman–Crippen LogP) is 2.92. The van der Waals surface area contributed by atoms with Crippen LogP contribution in [0.5, 0.6) is 11.5 Å². The Labute approximate surface area is 115 Å². The molecule has 3 heteroatoms. The lowest BCUT2D eigenvalue weighted by molar-refractivity contribution is 0.171. The van der Waals surface area contributed by atoms with Crippen LogP contribution >= 0.6 is 0 Å². The number of benzene rings is 1. The molecule has 1 aliphatic carbocycles. The lowest BCUT2D eigenvalue weighted by Crippen LogP contribution is -2.35. The molecule has 1 N–H and O–H groups in total. The summed E-state index contributed by atoms with van der Waals surface area (Å²) in [5.74, 6) is 1.78. The zero-order valence-corrected chi connectivity index (χ0v) is 11.7. The van der Waals surface area contributed by atoms with Gasteiger partial charge in [-0.15, -0.1) is 0 Å². The summed E-state index contributed by atoms with van der Waals surface area (Å²) in [5, 5.41) is 3.74. The second kappa shape index (κ2) is 5.83. The average Bonchev–Trinajstić information content (AvgIpc) is 2.91. The highest BCUT2D eigenvalue weighted by molar-refractivity contribution is 5.44. The summed E-state index contributed by atoms with van der Waals surface area (Å²) in [6.07, 6.45) is 6.49. The van der Waals surface area contributed by atoms with E-state index in [4.69, 9.17) is 9.47 Å². The van der Waals surface area contributed by atoms with E-state index in [0.717, 1.165) is 24.0 Å². The molecular formula is C16H23NO2. The van der Waals surface area contributed by atoms with E-state index in [1.54, 1.807) is 0 Å². The van der Waals surface area contributed by atoms with Gasteiger partial charge >= 0.3 is 0 Å². The molecule has 3 rings (SSSR count). The van der Waals surface area contributed by atoms with Crippen LogP contribution in [0.15, 0.2) is 18.2 Å². The second-order valence-electron chi connectivity index (χ2n) is 5.73. The smallest absolute Gasteiger partial charge is 0.161 e. The van der Waals surface area contributed by atoms with Crippen molar-refractivity contribution >= 4 is 0 Å². The van der Waals surface area contributed by atoms with Gasteiger partial charge in [-0.05, 0) is 43.9 Å². The molecule has 0 aromatic heterocycles. The van der Waals surface area contributed by atoms with Gasteiger partial charge in [-0.25, -0.2) is 0 Å². The fraction of sp³-hybridized carbons (Fsp3) is 0.625. The Kier molecular flexibility index (Phi) is 3.92. The first kappa shape index (κ1) is 12.8. The summed E-state index contributed by atoms with van der Waals surface area (Å²) in [5.41, 5.74) is 1.32. The second-order valence-corrected chi connectivity index (χ2v) is 5.73. The molecule has 0 saturated heterocycles. The van der Waals surface area contributed by atoms with Crippen molar-refractivity contribution in [2.45, 2.75) is 51.1 Å². The van der Waals surface area contributed by atoms with Gasteiger partial charge < -0.3 is 14.8 Å². The molecule has 0 amide bonds. The average molecular weight is 261 g/mol. The molecule has 3 nitrogen and oxygen atoms in total. The minimum absolute atomic E-state index is 0.519. The standard InChI is InChI=1S/C16H23NO2/c1-12(17-14-4-2-3-5-14)10-13-6-7-15-16(11-13)19-9-8-18-15/h6-7,11-12,14,17H,2-5,8-10H2,1H3. The van der Waals surface area contributed by atoms with Gasteiger partial charge in [0.15, 0.2) is 11.5 Å². The summed E-state index contributed by atoms with van der Waals surface area (Å²) in [6.45, 7) is 3.59. The largest absolute Gasteiger partial charge is 0.486 e. The van der Waals surface area contributed by atoms with Crippen molar-refractivity contribution < 1.29 is 9.47 Å². The van der Waals surface area contributed by atoms with Crippen LogP contribution in [0.4, 0.5) is 0 Å². The third-order valence-electron chi connectivity index (χ3n) is 4.02. The Morgan fingerprint density at radius 1 is 1.16 bits per heavy atom. The molecule has 1 aromatic carbocycles. The van der Waals surface area contributed by atoms with E-state index in [1.807, 2.05) is 6.07 Å². The third kappa shape index (κ3) is 3.21. The quantitative estimate of drug-likeness (QED) is 0.904. The van der Waals surface area contributed by atoms with E-state index < -0.39 is 0 Å². The van der Waals surface area contributed by atoms with Crippen molar-refractivity contribution in [3.05, 3.63) is 23.8 Å². The maximum Gasteiger partial charge on any atom is 0.161 e. The monoisotopic (exact) mass is 261 g/mol. The van der Waals surface area contributed by atoms with E-state index in [1.165, 1.54) is 31.2 Å². The highest BCUT2D eigenvalue weighted by Gasteiger charge is 2.18. The SMILES string of the molecule is CC(Cc1ccc2c(c1)OCCO2)NC1CCCC1. The van der Waals surface area contributed by atoms with Gasteiger partial charge in [0.2, 0.25) is 0 Å². The molecular weight excluding hydrogens is 238 g/mol. The predicted molar refractivity (Wildman–Crippen MR) is 76.0 cm³/mol. The van der Waals surface area contributed by atoms with Crippen LogP contribution in [0.1, 0.15) is 38.2 Å². The fourth-order valence-corrected chi connectivity index (χ4v) is 3.12. The molecule has 1 fully saturated rings. The number of fused-ring (bicyclic) bond motifs is 1. The molecule has 1 heterocycles. The van der Waals surface area contributed by atoms with Crippen molar-refractivity contribution in [3.63, 3.8) is 0 Å². The van der Waals surface area contributed by atoms with Gasteiger partial charge in [-0.3, -0.25) is 0 Å². The van der Waals surface area contributed by atoms with Gasteiger partial charge in [0.1, 0.15) is 13.2 Å². The van der Waals surface area contributed by atoms with Gasteiger partial charge in [0.05, 0.1) is 0 Å². The molecule has 1 aromatic rings. The van der Waals surface area contributed by atoms with Gasteiger partial charge in [-0.2, -0.15) is 0 Å². The third-order valence-corrected chi connectivity index (χ3v) is 4.02. The first-order valence-corrected chi connectivity index (χ1v) is 7.46. The Morgan fingerprint density at radius 2 is 1.89 bits per heavy atom. The van der Waals surface area contributed by atoms with Crippen LogP contribution in [0.3, 0.4) is 0 Å². The number of hydrogen-bond donors (Lipinski definition) is 1. The van der Waals surface area contributed by atoms with E-state index in [2.05, 4.69) is 24.4 Å². The minimum atomic E-state index is 0.519. The number of hydrogen-bond acceptors (Lipinski definition) is 3. The summed E-state index contributed by atoms with van der Waals surface area (Å²) < 4.78 is 11.2. The molecule has 1 atom stereocenters. The molecule has 0 radical (unpaired) electrons. The summed E-state index contributed by atoms with van der Waals surface area (Å²) >= 11 is 0. The minimum Gasteiger partial charge on any atom is -0.486 e. The first-order valence-electron chi connectivity index (χ1n) is 7.46. The zero-order valence-electron chi connectivity index (χ0n) is 11.7. The van der Waals surface area contributed by atoms with E-state index in [0.29, 0.717) is 19.3 Å². The molecule has 19 heavy (non-hydrogen) atoms. The van der Waals surface area contributed by atoms with Crippen molar-refractivity contribution in [1.29, 1.82) is 0 Å². The molecule has 1 saturated carbocycles. The van der Waals surface area contributed by atoms with Crippen LogP contribution in [0, 0.1) is 0 Å². The lowest BCUT2D eigenvalue weighted by atomic mass is 10.1. The Hall–Kier alpha value is -1.22. The van der Waals surface area contributed by atoms with Crippen LogP contribution in [0.2, 0.25) is 0 Å². The highest BCUT2D eigenvalue weighted by Crippen LogP contribution is 2.31. The molecule has 1 aliphatic heterocycles. The number of ether oxygens (including phenoxy) is 2. The van der Waals surface area contributed by atoms with E-state index in [-0.39, 0.29) is 0 Å². The van der Waals surface area contributed by atoms with Gasteiger partial charge in [0, 0.05) is 12.1 Å². The number of rotatable bonds is 4. The fourth-order valence-electron chi connectivity index (χ4n) is 3.12. The summed E-state index contributed by atoms with van der Waals surface area (Å²) in [7, 11) is 0. The molecule has 2 aliphatic rings. The Balaban J connectivity index is 1.59. The lowest BCUT2D eigenvalue weighted by Gasteiger charge is -2.21. The van der Waals surface area contributed by atoms with Gasteiger partial charge in [0.25, 0.3) is 0 Å². The maximum absolute atomic E-state index is 5.63. The summed E-state index contributed by atoms with van der Waals surface area (Å²) in [4.78, 5) is 0.